The minimum absolute atomic E-state index is 0.0533. The van der Waals surface area contributed by atoms with Gasteiger partial charge in [-0.1, -0.05) is 12.2 Å². The van der Waals surface area contributed by atoms with Gasteiger partial charge in [-0.05, 0) is 19.8 Å². The largest absolute Gasteiger partial charge is 0.453 e. The van der Waals surface area contributed by atoms with Crippen LogP contribution in [0, 0.1) is 0 Å². The lowest BCUT2D eigenvalue weighted by Gasteiger charge is -2.25. The van der Waals surface area contributed by atoms with E-state index in [0.717, 1.165) is 12.8 Å². The molecule has 1 rings (SSSR count). The molecule has 0 aromatic rings. The van der Waals surface area contributed by atoms with Gasteiger partial charge in [0.1, 0.15) is 6.54 Å². The summed E-state index contributed by atoms with van der Waals surface area (Å²) in [7, 11) is 1.26. The van der Waals surface area contributed by atoms with Gasteiger partial charge in [0.25, 0.3) is 0 Å². The summed E-state index contributed by atoms with van der Waals surface area (Å²) in [5.41, 5.74) is -0.200. The van der Waals surface area contributed by atoms with Crippen LogP contribution in [-0.4, -0.2) is 31.2 Å². The molecule has 1 aliphatic carbocycles. The van der Waals surface area contributed by atoms with Crippen molar-refractivity contribution in [1.29, 1.82) is 0 Å². The lowest BCUT2D eigenvalue weighted by Crippen LogP contribution is -2.48. The van der Waals surface area contributed by atoms with Crippen molar-refractivity contribution < 1.29 is 14.3 Å². The second-order valence-corrected chi connectivity index (χ2v) is 3.83. The summed E-state index contributed by atoms with van der Waals surface area (Å²) in [6, 6.07) is 0. The molecule has 5 heteroatoms. The first-order chi connectivity index (χ1) is 7.06. The molecule has 0 fully saturated rings. The molecule has 0 aromatic carbocycles. The summed E-state index contributed by atoms with van der Waals surface area (Å²) in [6.07, 6.45) is 5.13. The Kier molecular flexibility index (Phi) is 3.71. The van der Waals surface area contributed by atoms with Crippen LogP contribution in [-0.2, 0) is 9.53 Å². The lowest BCUT2D eigenvalue weighted by molar-refractivity contribution is -0.121. The van der Waals surface area contributed by atoms with E-state index in [0.29, 0.717) is 0 Å². The predicted molar refractivity (Wildman–Crippen MR) is 55.3 cm³/mol. The summed E-state index contributed by atoms with van der Waals surface area (Å²) in [5, 5.41) is 5.19. The van der Waals surface area contributed by atoms with Gasteiger partial charge in [-0.25, -0.2) is 4.79 Å². The molecule has 0 spiro atoms. The van der Waals surface area contributed by atoms with Crippen LogP contribution in [0.15, 0.2) is 12.2 Å². The first-order valence-electron chi connectivity index (χ1n) is 4.83. The Balaban J connectivity index is 2.27. The molecule has 0 heterocycles. The summed E-state index contributed by atoms with van der Waals surface area (Å²) in [5.74, 6) is -0.202. The number of nitrogens with one attached hydrogen (secondary N) is 2. The molecule has 0 unspecified atom stereocenters. The molecule has 0 aliphatic heterocycles. The number of hydrogen-bond acceptors (Lipinski definition) is 3. The van der Waals surface area contributed by atoms with Crippen molar-refractivity contribution in [1.82, 2.24) is 10.6 Å². The van der Waals surface area contributed by atoms with Crippen molar-refractivity contribution >= 4 is 12.0 Å². The maximum atomic E-state index is 11.4. The molecule has 5 nitrogen and oxygen atoms in total. The molecular formula is C10H16N2O3. The monoisotopic (exact) mass is 212 g/mol. The van der Waals surface area contributed by atoms with Crippen LogP contribution < -0.4 is 10.6 Å². The van der Waals surface area contributed by atoms with Crippen LogP contribution in [0.4, 0.5) is 4.79 Å². The van der Waals surface area contributed by atoms with E-state index in [4.69, 9.17) is 0 Å². The standard InChI is InChI=1S/C10H16N2O3/c1-10(5-3-4-6-10)12-8(13)7-11-9(14)15-2/h3-4H,5-7H2,1-2H3,(H,11,14)(H,12,13). The number of carbonyl (C=O) groups excluding carboxylic acids is 2. The molecule has 0 bridgehead atoms. The lowest BCUT2D eigenvalue weighted by atomic mass is 10.00. The Labute approximate surface area is 88.9 Å². The van der Waals surface area contributed by atoms with Crippen LogP contribution in [0.5, 0.6) is 0 Å². The van der Waals surface area contributed by atoms with Crippen LogP contribution in [0.25, 0.3) is 0 Å². The van der Waals surface area contributed by atoms with E-state index >= 15 is 0 Å². The zero-order chi connectivity index (χ0) is 11.3. The van der Waals surface area contributed by atoms with E-state index in [9.17, 15) is 9.59 Å². The van der Waals surface area contributed by atoms with Crippen molar-refractivity contribution in [3.63, 3.8) is 0 Å². The smallest absolute Gasteiger partial charge is 0.407 e. The number of methoxy groups -OCH3 is 1. The highest BCUT2D eigenvalue weighted by Gasteiger charge is 2.26. The number of alkyl carbamates (subject to hydrolysis) is 1. The van der Waals surface area contributed by atoms with Crippen LogP contribution >= 0.6 is 0 Å². The van der Waals surface area contributed by atoms with Gasteiger partial charge in [0, 0.05) is 5.54 Å². The summed E-state index contributed by atoms with van der Waals surface area (Å²) < 4.78 is 4.35. The Hall–Kier alpha value is -1.52. The Morgan fingerprint density at radius 1 is 1.40 bits per heavy atom. The predicted octanol–water partition coefficient (Wildman–Crippen LogP) is 0.567. The molecule has 2 N–H and O–H groups in total. The van der Waals surface area contributed by atoms with Crippen molar-refractivity contribution in [2.24, 2.45) is 0 Å². The zero-order valence-electron chi connectivity index (χ0n) is 9.00. The van der Waals surface area contributed by atoms with E-state index in [-0.39, 0.29) is 18.0 Å². The van der Waals surface area contributed by atoms with E-state index in [1.54, 1.807) is 0 Å². The fourth-order valence-electron chi connectivity index (χ4n) is 1.48. The van der Waals surface area contributed by atoms with Gasteiger partial charge in [0.2, 0.25) is 5.91 Å². The van der Waals surface area contributed by atoms with Crippen LogP contribution in [0.2, 0.25) is 0 Å². The van der Waals surface area contributed by atoms with E-state index in [2.05, 4.69) is 15.4 Å². The molecule has 0 atom stereocenters. The van der Waals surface area contributed by atoms with E-state index in [1.165, 1.54) is 7.11 Å². The fraction of sp³-hybridized carbons (Fsp3) is 0.600. The number of amides is 2. The van der Waals surface area contributed by atoms with Gasteiger partial charge in [-0.15, -0.1) is 0 Å². The molecule has 1 aliphatic rings. The molecule has 15 heavy (non-hydrogen) atoms. The average Bonchev–Trinajstić information content (AvgIpc) is 2.61. The third-order valence-corrected chi connectivity index (χ3v) is 2.32. The van der Waals surface area contributed by atoms with Crippen molar-refractivity contribution in [2.75, 3.05) is 13.7 Å². The summed E-state index contributed by atoms with van der Waals surface area (Å²) in [6.45, 7) is 1.92. The van der Waals surface area contributed by atoms with E-state index in [1.807, 2.05) is 19.1 Å². The minimum atomic E-state index is -0.597. The molecule has 0 radical (unpaired) electrons. The summed E-state index contributed by atoms with van der Waals surface area (Å²) in [4.78, 5) is 22.1. The normalized spacial score (nSPS) is 17.2. The average molecular weight is 212 g/mol. The minimum Gasteiger partial charge on any atom is -0.453 e. The third-order valence-electron chi connectivity index (χ3n) is 2.32. The molecule has 0 saturated carbocycles. The van der Waals surface area contributed by atoms with Gasteiger partial charge in [-0.2, -0.15) is 0 Å². The second-order valence-electron chi connectivity index (χ2n) is 3.83. The van der Waals surface area contributed by atoms with Gasteiger partial charge in [0.05, 0.1) is 7.11 Å². The van der Waals surface area contributed by atoms with Crippen molar-refractivity contribution in [2.45, 2.75) is 25.3 Å². The maximum absolute atomic E-state index is 11.4. The van der Waals surface area contributed by atoms with E-state index < -0.39 is 6.09 Å². The van der Waals surface area contributed by atoms with Gasteiger partial charge >= 0.3 is 6.09 Å². The Bertz CT molecular complexity index is 278. The SMILES string of the molecule is COC(=O)NCC(=O)NC1(C)CC=CC1. The molecule has 0 aromatic heterocycles. The quantitative estimate of drug-likeness (QED) is 0.672. The second kappa shape index (κ2) is 4.82. The highest BCUT2D eigenvalue weighted by molar-refractivity contribution is 5.82. The highest BCUT2D eigenvalue weighted by atomic mass is 16.5. The number of ether oxygens (including phenoxy) is 1. The number of carbonyl (C=O) groups is 2. The topological polar surface area (TPSA) is 67.4 Å². The fourth-order valence-corrected chi connectivity index (χ4v) is 1.48. The third kappa shape index (κ3) is 3.61. The van der Waals surface area contributed by atoms with Crippen molar-refractivity contribution in [3.8, 4) is 0 Å². The van der Waals surface area contributed by atoms with Crippen LogP contribution in [0.3, 0.4) is 0 Å². The first kappa shape index (κ1) is 11.6. The molecular weight excluding hydrogens is 196 g/mol. The number of hydrogen-bond donors (Lipinski definition) is 2. The zero-order valence-corrected chi connectivity index (χ0v) is 9.00. The Morgan fingerprint density at radius 2 is 2.00 bits per heavy atom. The molecule has 84 valence electrons. The van der Waals surface area contributed by atoms with Gasteiger partial charge in [0.15, 0.2) is 0 Å². The van der Waals surface area contributed by atoms with Crippen LogP contribution in [0.1, 0.15) is 19.8 Å². The maximum Gasteiger partial charge on any atom is 0.407 e. The van der Waals surface area contributed by atoms with Crippen molar-refractivity contribution in [3.05, 3.63) is 12.2 Å². The highest BCUT2D eigenvalue weighted by Crippen LogP contribution is 2.22. The molecule has 0 saturated heterocycles. The Morgan fingerprint density at radius 3 is 2.53 bits per heavy atom. The molecule has 2 amide bonds. The summed E-state index contributed by atoms with van der Waals surface area (Å²) >= 11 is 0. The van der Waals surface area contributed by atoms with Gasteiger partial charge in [-0.3, -0.25) is 4.79 Å². The first-order valence-corrected chi connectivity index (χ1v) is 4.83. The van der Waals surface area contributed by atoms with Gasteiger partial charge < -0.3 is 15.4 Å². The number of rotatable bonds is 3.